The van der Waals surface area contributed by atoms with Gasteiger partial charge in [0, 0.05) is 23.9 Å². The van der Waals surface area contributed by atoms with E-state index in [1.165, 1.54) is 11.3 Å². The Bertz CT molecular complexity index is 663. The highest BCUT2D eigenvalue weighted by molar-refractivity contribution is 7.10. The minimum absolute atomic E-state index is 0.0823. The zero-order chi connectivity index (χ0) is 14.8. The van der Waals surface area contributed by atoms with Crippen molar-refractivity contribution >= 4 is 23.2 Å². The van der Waals surface area contributed by atoms with Gasteiger partial charge in [0.15, 0.2) is 5.69 Å². The van der Waals surface area contributed by atoms with Gasteiger partial charge in [-0.3, -0.25) is 4.79 Å². The first-order chi connectivity index (χ1) is 10.1. The van der Waals surface area contributed by atoms with Gasteiger partial charge in [0.2, 0.25) is 5.91 Å². The number of carbonyl (C=O) groups is 2. The Hall–Kier alpha value is -2.21. The van der Waals surface area contributed by atoms with Crippen molar-refractivity contribution in [3.8, 4) is 0 Å². The van der Waals surface area contributed by atoms with Crippen LogP contribution in [0.1, 0.15) is 26.8 Å². The lowest BCUT2D eigenvalue weighted by Gasteiger charge is -2.39. The molecule has 3 rings (SSSR count). The number of nitrogens with zero attached hydrogens (tertiary/aromatic N) is 2. The van der Waals surface area contributed by atoms with Crippen LogP contribution in [0.5, 0.6) is 0 Å². The third kappa shape index (κ3) is 2.80. The second kappa shape index (κ2) is 5.65. The summed E-state index contributed by atoms with van der Waals surface area (Å²) in [5.74, 6) is -0.817. The van der Waals surface area contributed by atoms with Crippen LogP contribution in [0.4, 0.5) is 0 Å². The summed E-state index contributed by atoms with van der Waals surface area (Å²) >= 11 is 1.35. The molecular formula is C15H14N2O3S. The lowest BCUT2D eigenvalue weighted by atomic mass is 9.96. The largest absolute Gasteiger partial charge is 0.476 e. The van der Waals surface area contributed by atoms with E-state index in [0.29, 0.717) is 19.5 Å². The topological polar surface area (TPSA) is 70.5 Å². The molecule has 1 aromatic carbocycles. The van der Waals surface area contributed by atoms with Gasteiger partial charge >= 0.3 is 5.97 Å². The standard InChI is InChI=1S/C15H14N2O3S/c18-12(6-10-4-2-1-3-5-10)17-7-11(8-17)14-13(15(19)20)16-9-21-14/h1-5,9,11H,6-8H2,(H,19,20). The second-order valence-electron chi connectivity index (χ2n) is 5.03. The molecule has 0 spiro atoms. The number of benzene rings is 1. The predicted molar refractivity (Wildman–Crippen MR) is 78.5 cm³/mol. The van der Waals surface area contributed by atoms with E-state index in [0.717, 1.165) is 10.4 Å². The van der Waals surface area contributed by atoms with Gasteiger partial charge < -0.3 is 10.0 Å². The maximum atomic E-state index is 12.1. The van der Waals surface area contributed by atoms with Crippen molar-refractivity contribution in [1.82, 2.24) is 9.88 Å². The van der Waals surface area contributed by atoms with Crippen molar-refractivity contribution in [3.05, 3.63) is 52.0 Å². The number of carboxylic acids is 1. The molecule has 1 aliphatic heterocycles. The molecular weight excluding hydrogens is 288 g/mol. The zero-order valence-corrected chi connectivity index (χ0v) is 12.0. The first-order valence-corrected chi connectivity index (χ1v) is 7.51. The molecule has 108 valence electrons. The number of carboxylic acid groups (broad SMARTS) is 1. The van der Waals surface area contributed by atoms with Crippen molar-refractivity contribution in [3.63, 3.8) is 0 Å². The van der Waals surface area contributed by atoms with E-state index in [1.807, 2.05) is 30.3 Å². The Morgan fingerprint density at radius 3 is 2.67 bits per heavy atom. The summed E-state index contributed by atoms with van der Waals surface area (Å²) in [5.41, 5.74) is 2.67. The molecule has 0 aliphatic carbocycles. The normalized spacial score (nSPS) is 14.8. The fourth-order valence-electron chi connectivity index (χ4n) is 2.44. The molecule has 5 nitrogen and oxygen atoms in total. The Kier molecular flexibility index (Phi) is 3.70. The maximum absolute atomic E-state index is 12.1. The fraction of sp³-hybridized carbons (Fsp3) is 0.267. The quantitative estimate of drug-likeness (QED) is 0.938. The first kappa shape index (κ1) is 13.8. The van der Waals surface area contributed by atoms with E-state index >= 15 is 0 Å². The van der Waals surface area contributed by atoms with Gasteiger partial charge in [-0.25, -0.2) is 9.78 Å². The lowest BCUT2D eigenvalue weighted by Crippen LogP contribution is -2.49. The predicted octanol–water partition coefficient (Wildman–Crippen LogP) is 2.01. The summed E-state index contributed by atoms with van der Waals surface area (Å²) in [6.07, 6.45) is 0.391. The van der Waals surface area contributed by atoms with Gasteiger partial charge in [-0.15, -0.1) is 11.3 Å². The average Bonchev–Trinajstić information content (AvgIpc) is 2.87. The minimum Gasteiger partial charge on any atom is -0.476 e. The van der Waals surface area contributed by atoms with Gasteiger partial charge in [-0.1, -0.05) is 30.3 Å². The number of thiazole rings is 1. The molecule has 0 bridgehead atoms. The number of likely N-dealkylation sites (tertiary alicyclic amines) is 1. The number of aromatic carboxylic acids is 1. The highest BCUT2D eigenvalue weighted by Crippen LogP contribution is 2.32. The van der Waals surface area contributed by atoms with Gasteiger partial charge in [0.05, 0.1) is 11.9 Å². The molecule has 1 aliphatic rings. The van der Waals surface area contributed by atoms with Crippen LogP contribution in [0.2, 0.25) is 0 Å². The van der Waals surface area contributed by atoms with E-state index in [2.05, 4.69) is 4.98 Å². The zero-order valence-electron chi connectivity index (χ0n) is 11.2. The van der Waals surface area contributed by atoms with Gasteiger partial charge in [-0.2, -0.15) is 0 Å². The molecule has 2 heterocycles. The van der Waals surface area contributed by atoms with E-state index < -0.39 is 5.97 Å². The molecule has 0 unspecified atom stereocenters. The Labute approximate surface area is 125 Å². The van der Waals surface area contributed by atoms with Gasteiger partial charge in [0.25, 0.3) is 0 Å². The molecule has 1 aromatic heterocycles. The van der Waals surface area contributed by atoms with Crippen LogP contribution in [-0.4, -0.2) is 40.0 Å². The molecule has 1 fully saturated rings. The first-order valence-electron chi connectivity index (χ1n) is 6.63. The molecule has 0 radical (unpaired) electrons. The minimum atomic E-state index is -1.000. The highest BCUT2D eigenvalue weighted by Gasteiger charge is 2.35. The van der Waals surface area contributed by atoms with Crippen LogP contribution in [0.25, 0.3) is 0 Å². The van der Waals surface area contributed by atoms with Crippen LogP contribution in [-0.2, 0) is 11.2 Å². The Morgan fingerprint density at radius 1 is 1.29 bits per heavy atom. The van der Waals surface area contributed by atoms with Crippen molar-refractivity contribution in [1.29, 1.82) is 0 Å². The van der Waals surface area contributed by atoms with Gasteiger partial charge in [-0.05, 0) is 5.56 Å². The van der Waals surface area contributed by atoms with Crippen molar-refractivity contribution in [2.24, 2.45) is 0 Å². The fourth-order valence-corrected chi connectivity index (χ4v) is 3.30. The summed E-state index contributed by atoms with van der Waals surface area (Å²) in [5, 5.41) is 9.06. The molecule has 21 heavy (non-hydrogen) atoms. The SMILES string of the molecule is O=C(O)c1ncsc1C1CN(C(=O)Cc2ccccc2)C1. The number of rotatable bonds is 4. The van der Waals surface area contributed by atoms with Crippen LogP contribution in [0.3, 0.4) is 0 Å². The maximum Gasteiger partial charge on any atom is 0.355 e. The smallest absolute Gasteiger partial charge is 0.355 e. The van der Waals surface area contributed by atoms with Crippen LogP contribution in [0.15, 0.2) is 35.8 Å². The Morgan fingerprint density at radius 2 is 2.00 bits per heavy atom. The summed E-state index contributed by atoms with van der Waals surface area (Å²) in [7, 11) is 0. The summed E-state index contributed by atoms with van der Waals surface area (Å²) in [6, 6.07) is 9.61. The van der Waals surface area contributed by atoms with Gasteiger partial charge in [0.1, 0.15) is 0 Å². The van der Waals surface area contributed by atoms with Crippen LogP contribution < -0.4 is 0 Å². The highest BCUT2D eigenvalue weighted by atomic mass is 32.1. The molecule has 2 aromatic rings. The molecule has 1 N–H and O–H groups in total. The van der Waals surface area contributed by atoms with Crippen LogP contribution >= 0.6 is 11.3 Å². The van der Waals surface area contributed by atoms with Crippen molar-refractivity contribution in [2.75, 3.05) is 13.1 Å². The van der Waals surface area contributed by atoms with E-state index in [-0.39, 0.29) is 17.5 Å². The number of hydrogen-bond donors (Lipinski definition) is 1. The third-order valence-electron chi connectivity index (χ3n) is 3.60. The average molecular weight is 302 g/mol. The molecule has 0 atom stereocenters. The van der Waals surface area contributed by atoms with E-state index in [9.17, 15) is 9.59 Å². The third-order valence-corrected chi connectivity index (χ3v) is 4.59. The monoisotopic (exact) mass is 302 g/mol. The molecule has 0 saturated carbocycles. The number of hydrogen-bond acceptors (Lipinski definition) is 4. The second-order valence-corrected chi connectivity index (χ2v) is 5.91. The number of carbonyl (C=O) groups excluding carboxylic acids is 1. The van der Waals surface area contributed by atoms with E-state index in [1.54, 1.807) is 10.4 Å². The molecule has 6 heteroatoms. The molecule has 1 amide bonds. The summed E-state index contributed by atoms with van der Waals surface area (Å²) in [4.78, 5) is 29.6. The molecule has 1 saturated heterocycles. The number of aromatic nitrogens is 1. The van der Waals surface area contributed by atoms with E-state index in [4.69, 9.17) is 5.11 Å². The van der Waals surface area contributed by atoms with Crippen LogP contribution in [0, 0.1) is 0 Å². The van der Waals surface area contributed by atoms with Crippen molar-refractivity contribution < 1.29 is 14.7 Å². The Balaban J connectivity index is 1.59. The summed E-state index contributed by atoms with van der Waals surface area (Å²) < 4.78 is 0. The van der Waals surface area contributed by atoms with Crippen molar-refractivity contribution in [2.45, 2.75) is 12.3 Å². The lowest BCUT2D eigenvalue weighted by molar-refractivity contribution is -0.134. The summed E-state index contributed by atoms with van der Waals surface area (Å²) in [6.45, 7) is 1.16. The number of amides is 1.